The van der Waals surface area contributed by atoms with E-state index in [1.165, 1.54) is 49.4 Å². The number of amides is 2. The molecule has 7 nitrogen and oxygen atoms in total. The van der Waals surface area contributed by atoms with Crippen LogP contribution in [0.4, 0.5) is 14.5 Å². The molecule has 0 heterocycles. The quantitative estimate of drug-likeness (QED) is 0.411. The van der Waals surface area contributed by atoms with Gasteiger partial charge in [0.2, 0.25) is 11.8 Å². The van der Waals surface area contributed by atoms with E-state index in [-0.39, 0.29) is 28.7 Å². The number of carbonyl (C=O) groups is 2. The fraction of sp³-hybridized carbons (Fsp3) is 0.286. The summed E-state index contributed by atoms with van der Waals surface area (Å²) in [5.41, 5.74) is 1.07. The van der Waals surface area contributed by atoms with Gasteiger partial charge in [0.05, 0.1) is 10.6 Å². The number of sulfonamides is 1. The summed E-state index contributed by atoms with van der Waals surface area (Å²) in [7, 11) is -4.27. The summed E-state index contributed by atoms with van der Waals surface area (Å²) in [6.45, 7) is 5.86. The smallest absolute Gasteiger partial charge is 0.264 e. The van der Waals surface area contributed by atoms with Gasteiger partial charge in [-0.15, -0.1) is 0 Å². The topological polar surface area (TPSA) is 86.8 Å². The summed E-state index contributed by atoms with van der Waals surface area (Å²) >= 11 is 0. The number of halogens is 2. The molecule has 0 spiro atoms. The van der Waals surface area contributed by atoms with Crippen molar-refractivity contribution in [3.8, 4) is 0 Å². The lowest BCUT2D eigenvalue weighted by Gasteiger charge is -2.32. The molecule has 3 aromatic carbocycles. The molecular weight excluding hydrogens is 512 g/mol. The molecule has 0 aliphatic carbocycles. The Hall–Kier alpha value is -3.79. The predicted octanol–water partition coefficient (Wildman–Crippen LogP) is 4.41. The van der Waals surface area contributed by atoms with Crippen LogP contribution in [0.5, 0.6) is 0 Å². The minimum Gasteiger partial charge on any atom is -0.352 e. The molecule has 38 heavy (non-hydrogen) atoms. The first-order valence-corrected chi connectivity index (χ1v) is 13.5. The van der Waals surface area contributed by atoms with E-state index in [1.807, 2.05) is 6.92 Å². The second-order valence-electron chi connectivity index (χ2n) is 9.25. The Morgan fingerprint density at radius 1 is 0.895 bits per heavy atom. The van der Waals surface area contributed by atoms with Crippen molar-refractivity contribution in [1.82, 2.24) is 10.2 Å². The van der Waals surface area contributed by atoms with E-state index in [2.05, 4.69) is 5.32 Å². The average molecular weight is 544 g/mol. The summed E-state index contributed by atoms with van der Waals surface area (Å²) in [6, 6.07) is 15.4. The fourth-order valence-electron chi connectivity index (χ4n) is 3.77. The molecular formula is C28H31F2N3O4S. The molecule has 0 saturated carbocycles. The zero-order chi connectivity index (χ0) is 28.0. The van der Waals surface area contributed by atoms with E-state index < -0.39 is 46.1 Å². The van der Waals surface area contributed by atoms with Crippen LogP contribution in [-0.2, 0) is 26.2 Å². The van der Waals surface area contributed by atoms with Crippen molar-refractivity contribution in [3.05, 3.63) is 95.6 Å². The first-order valence-electron chi connectivity index (χ1n) is 12.1. The van der Waals surface area contributed by atoms with Gasteiger partial charge < -0.3 is 10.2 Å². The Bertz CT molecular complexity index is 1380. The number of rotatable bonds is 10. The van der Waals surface area contributed by atoms with Crippen molar-refractivity contribution >= 4 is 27.5 Å². The highest BCUT2D eigenvalue weighted by Gasteiger charge is 2.33. The molecule has 0 saturated heterocycles. The van der Waals surface area contributed by atoms with E-state index >= 15 is 0 Å². The van der Waals surface area contributed by atoms with Crippen molar-refractivity contribution in [2.45, 2.75) is 51.2 Å². The first kappa shape index (κ1) is 28.8. The molecule has 0 unspecified atom stereocenters. The number of nitrogens with zero attached hydrogens (tertiary/aromatic N) is 2. The number of aryl methyl sites for hydroxylation is 1. The van der Waals surface area contributed by atoms with Crippen LogP contribution >= 0.6 is 0 Å². The third-order valence-electron chi connectivity index (χ3n) is 5.90. The largest absolute Gasteiger partial charge is 0.352 e. The van der Waals surface area contributed by atoms with Crippen LogP contribution in [0.1, 0.15) is 31.9 Å². The van der Waals surface area contributed by atoms with E-state index in [4.69, 9.17) is 0 Å². The van der Waals surface area contributed by atoms with Crippen LogP contribution in [0.2, 0.25) is 0 Å². The summed E-state index contributed by atoms with van der Waals surface area (Å²) in [5, 5.41) is 2.73. The van der Waals surface area contributed by atoms with E-state index in [9.17, 15) is 26.8 Å². The van der Waals surface area contributed by atoms with Crippen LogP contribution in [0.15, 0.2) is 77.7 Å². The predicted molar refractivity (Wildman–Crippen MR) is 142 cm³/mol. The van der Waals surface area contributed by atoms with Gasteiger partial charge in [0.1, 0.15) is 24.2 Å². The third-order valence-corrected chi connectivity index (χ3v) is 7.69. The standard InChI is InChI=1S/C28H31F2N3O4S/c1-19(2)31-28(35)21(4)32(17-22-7-5-6-8-26(22)30)27(34)18-33(24-13-11-23(29)12-14-24)38(36,37)25-15-9-20(3)10-16-25/h5-16,19,21H,17-18H2,1-4H3,(H,31,35)/t21-/m0/s1. The number of hydrogen-bond donors (Lipinski definition) is 1. The lowest BCUT2D eigenvalue weighted by atomic mass is 10.1. The number of hydrogen-bond acceptors (Lipinski definition) is 4. The Kier molecular flexibility index (Phi) is 9.22. The van der Waals surface area contributed by atoms with Gasteiger partial charge in [0.15, 0.2) is 0 Å². The van der Waals surface area contributed by atoms with Gasteiger partial charge >= 0.3 is 0 Å². The third kappa shape index (κ3) is 6.95. The van der Waals surface area contributed by atoms with Crippen LogP contribution < -0.4 is 9.62 Å². The summed E-state index contributed by atoms with van der Waals surface area (Å²) in [5.74, 6) is -2.35. The maximum Gasteiger partial charge on any atom is 0.264 e. The number of carbonyl (C=O) groups excluding carboxylic acids is 2. The normalized spacial score (nSPS) is 12.2. The number of nitrogens with one attached hydrogen (secondary N) is 1. The molecule has 0 aromatic heterocycles. The molecule has 0 bridgehead atoms. The van der Waals surface area contributed by atoms with Crippen LogP contribution in [0, 0.1) is 18.6 Å². The molecule has 202 valence electrons. The van der Waals surface area contributed by atoms with Gasteiger partial charge in [-0.1, -0.05) is 35.9 Å². The van der Waals surface area contributed by atoms with Crippen LogP contribution in [-0.4, -0.2) is 43.8 Å². The van der Waals surface area contributed by atoms with Crippen molar-refractivity contribution in [1.29, 1.82) is 0 Å². The minimum absolute atomic E-state index is 0.0606. The van der Waals surface area contributed by atoms with Crippen LogP contribution in [0.25, 0.3) is 0 Å². The second-order valence-corrected chi connectivity index (χ2v) is 11.1. The molecule has 3 rings (SSSR count). The molecule has 0 aliphatic heterocycles. The van der Waals surface area contributed by atoms with Gasteiger partial charge in [-0.05, 0) is 70.2 Å². The van der Waals surface area contributed by atoms with E-state index in [1.54, 1.807) is 32.0 Å². The Balaban J connectivity index is 2.03. The highest BCUT2D eigenvalue weighted by Crippen LogP contribution is 2.25. The monoisotopic (exact) mass is 543 g/mol. The van der Waals surface area contributed by atoms with Crippen molar-refractivity contribution in [2.75, 3.05) is 10.8 Å². The van der Waals surface area contributed by atoms with Gasteiger partial charge in [0.25, 0.3) is 10.0 Å². The van der Waals surface area contributed by atoms with Gasteiger partial charge in [-0.2, -0.15) is 0 Å². The average Bonchev–Trinajstić information content (AvgIpc) is 2.86. The molecule has 1 atom stereocenters. The summed E-state index contributed by atoms with van der Waals surface area (Å²) in [6.07, 6.45) is 0. The molecule has 0 fully saturated rings. The minimum atomic E-state index is -4.27. The summed E-state index contributed by atoms with van der Waals surface area (Å²) < 4.78 is 56.4. The Morgan fingerprint density at radius 3 is 2.08 bits per heavy atom. The molecule has 2 amide bonds. The maximum atomic E-state index is 14.5. The lowest BCUT2D eigenvalue weighted by Crippen LogP contribution is -2.52. The van der Waals surface area contributed by atoms with Gasteiger partial charge in [-0.25, -0.2) is 17.2 Å². The Morgan fingerprint density at radius 2 is 1.50 bits per heavy atom. The zero-order valence-corrected chi connectivity index (χ0v) is 22.5. The van der Waals surface area contributed by atoms with E-state index in [0.29, 0.717) is 0 Å². The first-order chi connectivity index (χ1) is 17.9. The van der Waals surface area contributed by atoms with Gasteiger partial charge in [-0.3, -0.25) is 13.9 Å². The Labute approximate surface area is 222 Å². The van der Waals surface area contributed by atoms with Crippen molar-refractivity contribution in [3.63, 3.8) is 0 Å². The maximum absolute atomic E-state index is 14.5. The highest BCUT2D eigenvalue weighted by molar-refractivity contribution is 7.92. The molecule has 10 heteroatoms. The highest BCUT2D eigenvalue weighted by atomic mass is 32.2. The molecule has 1 N–H and O–H groups in total. The second kappa shape index (κ2) is 12.2. The van der Waals surface area contributed by atoms with Gasteiger partial charge in [0, 0.05) is 18.2 Å². The number of anilines is 1. The molecule has 0 radical (unpaired) electrons. The molecule has 3 aromatic rings. The number of benzene rings is 3. The zero-order valence-electron chi connectivity index (χ0n) is 21.7. The van der Waals surface area contributed by atoms with E-state index in [0.717, 1.165) is 26.9 Å². The SMILES string of the molecule is Cc1ccc(S(=O)(=O)N(CC(=O)N(Cc2ccccc2F)[C@@H](C)C(=O)NC(C)C)c2ccc(F)cc2)cc1. The van der Waals surface area contributed by atoms with Crippen LogP contribution in [0.3, 0.4) is 0 Å². The molecule has 0 aliphatic rings. The fourth-order valence-corrected chi connectivity index (χ4v) is 5.19. The van der Waals surface area contributed by atoms with Crippen molar-refractivity contribution < 1.29 is 26.8 Å². The lowest BCUT2D eigenvalue weighted by molar-refractivity contribution is -0.139. The summed E-state index contributed by atoms with van der Waals surface area (Å²) in [4.78, 5) is 27.6. The van der Waals surface area contributed by atoms with Crippen molar-refractivity contribution in [2.24, 2.45) is 0 Å².